The van der Waals surface area contributed by atoms with Crippen molar-refractivity contribution in [2.45, 2.75) is 32.3 Å². The summed E-state index contributed by atoms with van der Waals surface area (Å²) in [7, 11) is -3.26. The van der Waals surface area contributed by atoms with Crippen LogP contribution in [0, 0.1) is 0 Å². The molecule has 0 unspecified atom stereocenters. The molecule has 1 N–H and O–H groups in total. The van der Waals surface area contributed by atoms with E-state index in [0.717, 1.165) is 17.7 Å². The maximum absolute atomic E-state index is 11.6. The van der Waals surface area contributed by atoms with E-state index in [1.54, 1.807) is 0 Å². The van der Waals surface area contributed by atoms with Gasteiger partial charge < -0.3 is 9.47 Å². The summed E-state index contributed by atoms with van der Waals surface area (Å²) in [6.45, 7) is 8.13. The van der Waals surface area contributed by atoms with E-state index >= 15 is 0 Å². The normalized spacial score (nSPS) is 15.9. The first kappa shape index (κ1) is 16.8. The Morgan fingerprint density at radius 2 is 2.23 bits per heavy atom. The summed E-state index contributed by atoms with van der Waals surface area (Å²) in [6.07, 6.45) is 2.78. The van der Waals surface area contributed by atoms with Crippen LogP contribution in [0.4, 0.5) is 0 Å². The number of sulfonamides is 1. The first-order chi connectivity index (χ1) is 10.3. The lowest BCUT2D eigenvalue weighted by Gasteiger charge is -2.18. The zero-order chi connectivity index (χ0) is 16.2. The molecule has 1 aliphatic rings. The minimum Gasteiger partial charge on any atom is -0.490 e. The summed E-state index contributed by atoms with van der Waals surface area (Å²) in [4.78, 5) is 0. The van der Waals surface area contributed by atoms with Crippen LogP contribution in [0.1, 0.15) is 25.8 Å². The highest BCUT2D eigenvalue weighted by Gasteiger charge is 2.32. The molecule has 0 saturated carbocycles. The Bertz CT molecular complexity index is 638. The highest BCUT2D eigenvalue weighted by Crippen LogP contribution is 2.41. The van der Waals surface area contributed by atoms with Gasteiger partial charge in [-0.1, -0.05) is 18.2 Å². The average Bonchev–Trinajstić information content (AvgIpc) is 2.76. The van der Waals surface area contributed by atoms with Gasteiger partial charge in [-0.05, 0) is 26.3 Å². The first-order valence-corrected chi connectivity index (χ1v) is 9.00. The smallest absolute Gasteiger partial charge is 0.212 e. The third-order valence-corrected chi connectivity index (χ3v) is 4.75. The predicted octanol–water partition coefficient (Wildman–Crippen LogP) is 2.27. The van der Waals surface area contributed by atoms with Gasteiger partial charge in [0, 0.05) is 18.5 Å². The second kappa shape index (κ2) is 6.71. The number of para-hydroxylation sites is 1. The third-order valence-electron chi connectivity index (χ3n) is 3.32. The number of benzene rings is 1. The number of hydrogen-bond acceptors (Lipinski definition) is 4. The Morgan fingerprint density at radius 1 is 1.45 bits per heavy atom. The largest absolute Gasteiger partial charge is 0.490 e. The van der Waals surface area contributed by atoms with Crippen LogP contribution in [-0.2, 0) is 16.4 Å². The molecule has 22 heavy (non-hydrogen) atoms. The van der Waals surface area contributed by atoms with Gasteiger partial charge in [0.2, 0.25) is 10.0 Å². The number of ether oxygens (including phenoxy) is 2. The van der Waals surface area contributed by atoms with Crippen molar-refractivity contribution in [3.63, 3.8) is 0 Å². The van der Waals surface area contributed by atoms with Gasteiger partial charge in [-0.25, -0.2) is 13.1 Å². The molecule has 0 aromatic heterocycles. The van der Waals surface area contributed by atoms with Gasteiger partial charge in [-0.3, -0.25) is 0 Å². The van der Waals surface area contributed by atoms with Crippen LogP contribution in [-0.4, -0.2) is 32.9 Å². The van der Waals surface area contributed by atoms with E-state index < -0.39 is 10.0 Å². The van der Waals surface area contributed by atoms with Crippen LogP contribution in [0.5, 0.6) is 11.5 Å². The molecule has 0 radical (unpaired) electrons. The zero-order valence-corrected chi connectivity index (χ0v) is 13.9. The van der Waals surface area contributed by atoms with E-state index in [-0.39, 0.29) is 17.9 Å². The van der Waals surface area contributed by atoms with Crippen molar-refractivity contribution < 1.29 is 17.9 Å². The summed E-state index contributed by atoms with van der Waals surface area (Å²) in [5.41, 5.74) is 0.905. The minimum absolute atomic E-state index is 0.0300. The van der Waals surface area contributed by atoms with Crippen LogP contribution in [0.25, 0.3) is 0 Å². The molecule has 1 aliphatic heterocycles. The molecular weight excluding hydrogens is 302 g/mol. The van der Waals surface area contributed by atoms with Crippen LogP contribution in [0.15, 0.2) is 30.9 Å². The molecule has 6 heteroatoms. The molecule has 0 spiro atoms. The highest BCUT2D eigenvalue weighted by atomic mass is 32.2. The lowest BCUT2D eigenvalue weighted by atomic mass is 10.0. The lowest BCUT2D eigenvalue weighted by Crippen LogP contribution is -2.27. The van der Waals surface area contributed by atoms with Crippen molar-refractivity contribution in [3.05, 3.63) is 36.4 Å². The van der Waals surface area contributed by atoms with Crippen LogP contribution in [0.3, 0.4) is 0 Å². The van der Waals surface area contributed by atoms with E-state index in [2.05, 4.69) is 11.3 Å². The van der Waals surface area contributed by atoms with E-state index in [1.807, 2.05) is 32.0 Å². The molecule has 0 bridgehead atoms. The van der Waals surface area contributed by atoms with Crippen molar-refractivity contribution in [3.8, 4) is 11.5 Å². The lowest BCUT2D eigenvalue weighted by molar-refractivity contribution is 0.132. The monoisotopic (exact) mass is 325 g/mol. The van der Waals surface area contributed by atoms with Gasteiger partial charge >= 0.3 is 0 Å². The van der Waals surface area contributed by atoms with Crippen molar-refractivity contribution in [2.24, 2.45) is 0 Å². The summed E-state index contributed by atoms with van der Waals surface area (Å²) in [6, 6.07) is 5.81. The number of fused-ring (bicyclic) bond motifs is 1. The fraction of sp³-hybridized carbons (Fsp3) is 0.500. The molecule has 5 nitrogen and oxygen atoms in total. The fourth-order valence-electron chi connectivity index (χ4n) is 2.39. The van der Waals surface area contributed by atoms with Crippen molar-refractivity contribution in [2.75, 3.05) is 18.9 Å². The maximum Gasteiger partial charge on any atom is 0.212 e. The van der Waals surface area contributed by atoms with Gasteiger partial charge in [-0.15, -0.1) is 6.58 Å². The Morgan fingerprint density at radius 3 is 2.95 bits per heavy atom. The fourth-order valence-corrected chi connectivity index (χ4v) is 3.40. The summed E-state index contributed by atoms with van der Waals surface area (Å²) in [5, 5.41) is 0. The van der Waals surface area contributed by atoms with Gasteiger partial charge in [0.05, 0.1) is 12.4 Å². The Balaban J connectivity index is 1.87. The molecule has 1 aromatic rings. The molecule has 0 saturated heterocycles. The van der Waals surface area contributed by atoms with Crippen molar-refractivity contribution in [1.82, 2.24) is 4.72 Å². The SMILES string of the molecule is C=CCNS(=O)(=O)CCCOc1cccc2c1OC(C)(C)C2. The summed E-state index contributed by atoms with van der Waals surface area (Å²) in [5.74, 6) is 1.49. The van der Waals surface area contributed by atoms with Gasteiger partial charge in [0.1, 0.15) is 5.60 Å². The Kier molecular flexibility index (Phi) is 5.13. The van der Waals surface area contributed by atoms with Crippen LogP contribution < -0.4 is 14.2 Å². The van der Waals surface area contributed by atoms with Gasteiger partial charge in [0.15, 0.2) is 11.5 Å². The highest BCUT2D eigenvalue weighted by molar-refractivity contribution is 7.89. The number of rotatable bonds is 8. The van der Waals surface area contributed by atoms with E-state index in [4.69, 9.17) is 9.47 Å². The van der Waals surface area contributed by atoms with Gasteiger partial charge in [0.25, 0.3) is 0 Å². The molecular formula is C16H23NO4S. The molecule has 0 amide bonds. The predicted molar refractivity (Wildman–Crippen MR) is 87.0 cm³/mol. The Hall–Kier alpha value is -1.53. The molecule has 2 rings (SSSR count). The first-order valence-electron chi connectivity index (χ1n) is 7.35. The second-order valence-electron chi connectivity index (χ2n) is 5.94. The average molecular weight is 325 g/mol. The van der Waals surface area contributed by atoms with Crippen LogP contribution in [0.2, 0.25) is 0 Å². The Labute approximate surface area is 132 Å². The van der Waals surface area contributed by atoms with Crippen molar-refractivity contribution in [1.29, 1.82) is 0 Å². The van der Waals surface area contributed by atoms with Crippen molar-refractivity contribution >= 4 is 10.0 Å². The molecule has 0 fully saturated rings. The van der Waals surface area contributed by atoms with Crippen LogP contribution >= 0.6 is 0 Å². The minimum atomic E-state index is -3.26. The number of hydrogen-bond donors (Lipinski definition) is 1. The summed E-state index contributed by atoms with van der Waals surface area (Å²) < 4.78 is 37.3. The standard InChI is InChI=1S/C16H23NO4S/c1-4-9-17-22(18,19)11-6-10-20-14-8-5-7-13-12-16(2,3)21-15(13)14/h4-5,7-8,17H,1,6,9-12H2,2-3H3. The quantitative estimate of drug-likeness (QED) is 0.588. The third kappa shape index (κ3) is 4.48. The molecule has 122 valence electrons. The number of nitrogens with one attached hydrogen (secondary N) is 1. The maximum atomic E-state index is 11.6. The zero-order valence-electron chi connectivity index (χ0n) is 13.1. The van der Waals surface area contributed by atoms with E-state index in [1.165, 1.54) is 6.08 Å². The molecule has 1 heterocycles. The van der Waals surface area contributed by atoms with E-state index in [0.29, 0.717) is 18.8 Å². The second-order valence-corrected chi connectivity index (χ2v) is 7.87. The topological polar surface area (TPSA) is 64.6 Å². The summed E-state index contributed by atoms with van der Waals surface area (Å²) >= 11 is 0. The van der Waals surface area contributed by atoms with E-state index in [9.17, 15) is 8.42 Å². The molecule has 0 aliphatic carbocycles. The molecule has 0 atom stereocenters. The van der Waals surface area contributed by atoms with Gasteiger partial charge in [-0.2, -0.15) is 0 Å². The molecule has 1 aromatic carbocycles.